The van der Waals surface area contributed by atoms with Gasteiger partial charge in [0.2, 0.25) is 15.9 Å². The SMILES string of the molecule is CNC(=O)[C@@H]1Cc2ccccc2CN1S(=O)(=O)c1ccc(OC)cc1. The van der Waals surface area contributed by atoms with E-state index in [4.69, 9.17) is 4.74 Å². The third kappa shape index (κ3) is 3.25. The van der Waals surface area contributed by atoms with Crippen molar-refractivity contribution in [3.63, 3.8) is 0 Å². The van der Waals surface area contributed by atoms with Gasteiger partial charge in [-0.25, -0.2) is 8.42 Å². The lowest BCUT2D eigenvalue weighted by atomic mass is 9.95. The van der Waals surface area contributed by atoms with Crippen LogP contribution >= 0.6 is 0 Å². The molecule has 1 N–H and O–H groups in total. The standard InChI is InChI=1S/C18H20N2O4S/c1-19-18(21)17-11-13-5-3-4-6-14(13)12-20(17)25(22,23)16-9-7-15(24-2)8-10-16/h3-10,17H,11-12H2,1-2H3,(H,19,21)/t17-/m0/s1. The highest BCUT2D eigenvalue weighted by Gasteiger charge is 2.39. The van der Waals surface area contributed by atoms with Crippen molar-refractivity contribution in [3.05, 3.63) is 59.7 Å². The maximum Gasteiger partial charge on any atom is 0.244 e. The van der Waals surface area contributed by atoms with Crippen LogP contribution < -0.4 is 10.1 Å². The van der Waals surface area contributed by atoms with Crippen molar-refractivity contribution in [2.24, 2.45) is 0 Å². The van der Waals surface area contributed by atoms with E-state index in [1.807, 2.05) is 24.3 Å². The molecule has 132 valence electrons. The summed E-state index contributed by atoms with van der Waals surface area (Å²) in [5.74, 6) is 0.261. The average molecular weight is 360 g/mol. The smallest absolute Gasteiger partial charge is 0.244 e. The maximum atomic E-state index is 13.1. The lowest BCUT2D eigenvalue weighted by Gasteiger charge is -2.34. The Morgan fingerprint density at radius 1 is 1.12 bits per heavy atom. The van der Waals surface area contributed by atoms with Gasteiger partial charge in [-0.05, 0) is 41.8 Å². The zero-order valence-electron chi connectivity index (χ0n) is 14.1. The highest BCUT2D eigenvalue weighted by Crippen LogP contribution is 2.29. The van der Waals surface area contributed by atoms with Crippen LogP contribution in [0.1, 0.15) is 11.1 Å². The van der Waals surface area contributed by atoms with Gasteiger partial charge in [0.25, 0.3) is 0 Å². The molecular weight excluding hydrogens is 340 g/mol. The topological polar surface area (TPSA) is 75.7 Å². The van der Waals surface area contributed by atoms with Gasteiger partial charge in [0.1, 0.15) is 11.8 Å². The van der Waals surface area contributed by atoms with Crippen LogP contribution in [0.25, 0.3) is 0 Å². The van der Waals surface area contributed by atoms with E-state index in [2.05, 4.69) is 5.32 Å². The average Bonchev–Trinajstić information content (AvgIpc) is 2.66. The van der Waals surface area contributed by atoms with Gasteiger partial charge in [0, 0.05) is 13.6 Å². The summed E-state index contributed by atoms with van der Waals surface area (Å²) >= 11 is 0. The Labute approximate surface area is 147 Å². The number of methoxy groups -OCH3 is 1. The molecule has 1 amide bonds. The molecule has 1 heterocycles. The molecule has 1 aliphatic heterocycles. The molecular formula is C18H20N2O4S. The quantitative estimate of drug-likeness (QED) is 0.898. The molecule has 0 bridgehead atoms. The molecule has 1 atom stereocenters. The third-order valence-corrected chi connectivity index (χ3v) is 6.29. The number of ether oxygens (including phenoxy) is 1. The van der Waals surface area contributed by atoms with Crippen LogP contribution in [0.3, 0.4) is 0 Å². The van der Waals surface area contributed by atoms with Crippen LogP contribution in [-0.2, 0) is 27.8 Å². The number of fused-ring (bicyclic) bond motifs is 1. The summed E-state index contributed by atoms with van der Waals surface area (Å²) < 4.78 is 32.6. The molecule has 0 saturated heterocycles. The normalized spacial score (nSPS) is 17.6. The van der Waals surface area contributed by atoms with Crippen LogP contribution in [0.5, 0.6) is 5.75 Å². The summed E-state index contributed by atoms with van der Waals surface area (Å²) in [5, 5.41) is 2.57. The lowest BCUT2D eigenvalue weighted by molar-refractivity contribution is -0.124. The zero-order chi connectivity index (χ0) is 18.0. The number of hydrogen-bond acceptors (Lipinski definition) is 4. The Morgan fingerprint density at radius 2 is 1.76 bits per heavy atom. The van der Waals surface area contributed by atoms with Crippen LogP contribution in [0.2, 0.25) is 0 Å². The summed E-state index contributed by atoms with van der Waals surface area (Å²) in [4.78, 5) is 12.5. The summed E-state index contributed by atoms with van der Waals surface area (Å²) in [7, 11) is -0.782. The Balaban J connectivity index is 2.03. The van der Waals surface area contributed by atoms with E-state index in [-0.39, 0.29) is 17.3 Å². The number of nitrogens with zero attached hydrogens (tertiary/aromatic N) is 1. The summed E-state index contributed by atoms with van der Waals surface area (Å²) in [6.45, 7) is 0.169. The van der Waals surface area contributed by atoms with E-state index < -0.39 is 16.1 Å². The Bertz CT molecular complexity index is 878. The molecule has 0 unspecified atom stereocenters. The number of carbonyl (C=O) groups excluding carboxylic acids is 1. The summed E-state index contributed by atoms with van der Waals surface area (Å²) in [5.41, 5.74) is 1.91. The van der Waals surface area contributed by atoms with Crippen molar-refractivity contribution in [2.45, 2.75) is 23.9 Å². The van der Waals surface area contributed by atoms with E-state index in [0.29, 0.717) is 12.2 Å². The minimum absolute atomic E-state index is 0.140. The highest BCUT2D eigenvalue weighted by molar-refractivity contribution is 7.89. The third-order valence-electron chi connectivity index (χ3n) is 4.42. The Hall–Kier alpha value is -2.38. The molecule has 0 aliphatic carbocycles. The first-order chi connectivity index (χ1) is 12.0. The Morgan fingerprint density at radius 3 is 2.36 bits per heavy atom. The van der Waals surface area contributed by atoms with Gasteiger partial charge in [-0.2, -0.15) is 4.31 Å². The van der Waals surface area contributed by atoms with E-state index in [1.54, 1.807) is 12.1 Å². The fraction of sp³-hybridized carbons (Fsp3) is 0.278. The van der Waals surface area contributed by atoms with Crippen LogP contribution in [-0.4, -0.2) is 38.8 Å². The lowest BCUT2D eigenvalue weighted by Crippen LogP contribution is -2.51. The number of nitrogens with one attached hydrogen (secondary N) is 1. The second kappa shape index (κ2) is 6.85. The fourth-order valence-electron chi connectivity index (χ4n) is 3.02. The molecule has 7 heteroatoms. The minimum atomic E-state index is -3.82. The molecule has 0 aromatic heterocycles. The number of likely N-dealkylation sites (N-methyl/N-ethyl adjacent to an activating group) is 1. The first-order valence-electron chi connectivity index (χ1n) is 7.91. The van der Waals surface area contributed by atoms with Gasteiger partial charge in [-0.15, -0.1) is 0 Å². The maximum absolute atomic E-state index is 13.1. The molecule has 2 aromatic carbocycles. The molecule has 6 nitrogen and oxygen atoms in total. The predicted molar refractivity (Wildman–Crippen MR) is 93.7 cm³/mol. The molecule has 0 fully saturated rings. The van der Waals surface area contributed by atoms with E-state index in [0.717, 1.165) is 11.1 Å². The van der Waals surface area contributed by atoms with E-state index >= 15 is 0 Å². The van der Waals surface area contributed by atoms with Gasteiger partial charge in [-0.3, -0.25) is 4.79 Å². The highest BCUT2D eigenvalue weighted by atomic mass is 32.2. The molecule has 3 rings (SSSR count). The number of sulfonamides is 1. The fourth-order valence-corrected chi connectivity index (χ4v) is 4.59. The van der Waals surface area contributed by atoms with Crippen LogP contribution in [0.4, 0.5) is 0 Å². The van der Waals surface area contributed by atoms with E-state index in [1.165, 1.54) is 30.6 Å². The van der Waals surface area contributed by atoms with Crippen LogP contribution in [0, 0.1) is 0 Å². The van der Waals surface area contributed by atoms with Crippen LogP contribution in [0.15, 0.2) is 53.4 Å². The number of benzene rings is 2. The second-order valence-corrected chi connectivity index (χ2v) is 7.72. The molecule has 1 aliphatic rings. The molecule has 2 aromatic rings. The predicted octanol–water partition coefficient (Wildman–Crippen LogP) is 1.56. The first kappa shape index (κ1) is 17.4. The minimum Gasteiger partial charge on any atom is -0.497 e. The van der Waals surface area contributed by atoms with Gasteiger partial charge >= 0.3 is 0 Å². The van der Waals surface area contributed by atoms with Crippen molar-refractivity contribution < 1.29 is 17.9 Å². The number of carbonyl (C=O) groups is 1. The zero-order valence-corrected chi connectivity index (χ0v) is 14.9. The van der Waals surface area contributed by atoms with Crippen molar-refractivity contribution >= 4 is 15.9 Å². The van der Waals surface area contributed by atoms with Crippen molar-refractivity contribution in [1.82, 2.24) is 9.62 Å². The number of rotatable bonds is 4. The monoisotopic (exact) mass is 360 g/mol. The molecule has 0 saturated carbocycles. The second-order valence-electron chi connectivity index (χ2n) is 5.83. The first-order valence-corrected chi connectivity index (χ1v) is 9.35. The largest absolute Gasteiger partial charge is 0.497 e. The van der Waals surface area contributed by atoms with E-state index in [9.17, 15) is 13.2 Å². The van der Waals surface area contributed by atoms with Gasteiger partial charge in [0.15, 0.2) is 0 Å². The summed E-state index contributed by atoms with van der Waals surface area (Å²) in [6, 6.07) is 13.0. The number of hydrogen-bond donors (Lipinski definition) is 1. The molecule has 0 radical (unpaired) electrons. The van der Waals surface area contributed by atoms with Crippen molar-refractivity contribution in [3.8, 4) is 5.75 Å². The number of amides is 1. The summed E-state index contributed by atoms with van der Waals surface area (Å²) in [6.07, 6.45) is 0.352. The van der Waals surface area contributed by atoms with Gasteiger partial charge < -0.3 is 10.1 Å². The van der Waals surface area contributed by atoms with Crippen molar-refractivity contribution in [1.29, 1.82) is 0 Å². The van der Waals surface area contributed by atoms with Gasteiger partial charge in [0.05, 0.1) is 12.0 Å². The molecule has 25 heavy (non-hydrogen) atoms. The Kier molecular flexibility index (Phi) is 4.78. The van der Waals surface area contributed by atoms with Gasteiger partial charge in [-0.1, -0.05) is 24.3 Å². The van der Waals surface area contributed by atoms with Crippen molar-refractivity contribution in [2.75, 3.05) is 14.2 Å². The molecule has 0 spiro atoms.